The third-order valence-corrected chi connectivity index (χ3v) is 9.13. The number of fused-ring (bicyclic) bond motifs is 1. The van der Waals surface area contributed by atoms with E-state index in [1.807, 2.05) is 34.6 Å². The van der Waals surface area contributed by atoms with Gasteiger partial charge in [-0.05, 0) is 70.2 Å². The van der Waals surface area contributed by atoms with Gasteiger partial charge in [0, 0.05) is 11.7 Å². The molecular weight excluding hydrogens is 498 g/mol. The van der Waals surface area contributed by atoms with E-state index in [2.05, 4.69) is 17.6 Å². The van der Waals surface area contributed by atoms with E-state index >= 15 is 0 Å². The van der Waals surface area contributed by atoms with Crippen LogP contribution in [0.5, 0.6) is 5.75 Å². The van der Waals surface area contributed by atoms with E-state index < -0.39 is 35.1 Å². The fraction of sp³-hybridized carbons (Fsp3) is 0.700. The van der Waals surface area contributed by atoms with Gasteiger partial charge in [0.05, 0.1) is 36.7 Å². The Morgan fingerprint density at radius 2 is 1.85 bits per heavy atom. The number of nitrogens with one attached hydrogen (secondary N) is 2. The summed E-state index contributed by atoms with van der Waals surface area (Å²) in [6.45, 7) is 12.1. The maximum Gasteiger partial charge on any atom is 0.246 e. The third-order valence-electron chi connectivity index (χ3n) is 9.13. The van der Waals surface area contributed by atoms with Crippen LogP contribution in [0.25, 0.3) is 0 Å². The summed E-state index contributed by atoms with van der Waals surface area (Å²) in [6.07, 6.45) is 3.52. The zero-order valence-corrected chi connectivity index (χ0v) is 24.2. The van der Waals surface area contributed by atoms with Gasteiger partial charge in [0.2, 0.25) is 17.7 Å². The monoisotopic (exact) mass is 543 g/mol. The number of anilines is 1. The molecule has 0 saturated carbocycles. The molecule has 3 aliphatic rings. The van der Waals surface area contributed by atoms with Gasteiger partial charge >= 0.3 is 0 Å². The van der Waals surface area contributed by atoms with E-state index in [9.17, 15) is 19.5 Å². The first-order valence-electron chi connectivity index (χ1n) is 14.5. The highest BCUT2D eigenvalue weighted by atomic mass is 16.5. The summed E-state index contributed by atoms with van der Waals surface area (Å²) in [5.74, 6) is -1.77. The maximum atomic E-state index is 14.3. The van der Waals surface area contributed by atoms with E-state index in [0.29, 0.717) is 30.9 Å². The van der Waals surface area contributed by atoms with E-state index in [1.165, 1.54) is 0 Å². The molecule has 8 atom stereocenters. The van der Waals surface area contributed by atoms with Gasteiger partial charge in [-0.3, -0.25) is 14.4 Å². The minimum atomic E-state index is -1.12. The molecule has 3 aliphatic heterocycles. The summed E-state index contributed by atoms with van der Waals surface area (Å²) in [6, 6.07) is 5.59. The number of hydrogen-bond acceptors (Lipinski definition) is 6. The van der Waals surface area contributed by atoms with Crippen molar-refractivity contribution in [1.82, 2.24) is 10.2 Å². The molecule has 3 N–H and O–H groups in total. The van der Waals surface area contributed by atoms with E-state index in [-0.39, 0.29) is 36.3 Å². The van der Waals surface area contributed by atoms with Gasteiger partial charge in [-0.1, -0.05) is 33.6 Å². The van der Waals surface area contributed by atoms with Crippen LogP contribution >= 0.6 is 0 Å². The number of ether oxygens (including phenoxy) is 2. The van der Waals surface area contributed by atoms with Crippen molar-refractivity contribution in [2.24, 2.45) is 17.8 Å². The number of aliphatic hydroxyl groups excluding tert-OH is 1. The summed E-state index contributed by atoms with van der Waals surface area (Å²) in [5.41, 5.74) is -1.40. The molecule has 4 rings (SSSR count). The second kappa shape index (κ2) is 11.5. The van der Waals surface area contributed by atoms with Gasteiger partial charge in [-0.2, -0.15) is 0 Å². The summed E-state index contributed by atoms with van der Waals surface area (Å²) < 4.78 is 12.2. The first-order valence-corrected chi connectivity index (χ1v) is 14.5. The molecule has 216 valence electrons. The normalized spacial score (nSPS) is 31.5. The van der Waals surface area contributed by atoms with Crippen LogP contribution in [0.3, 0.4) is 0 Å². The van der Waals surface area contributed by atoms with Gasteiger partial charge in [-0.25, -0.2) is 0 Å². The van der Waals surface area contributed by atoms with Crippen molar-refractivity contribution >= 4 is 23.4 Å². The second-order valence-electron chi connectivity index (χ2n) is 11.8. The van der Waals surface area contributed by atoms with Crippen LogP contribution in [0.15, 0.2) is 24.3 Å². The summed E-state index contributed by atoms with van der Waals surface area (Å²) >= 11 is 0. The molecule has 1 spiro atoms. The Bertz CT molecular complexity index is 1060. The number of rotatable bonds is 12. The molecule has 3 unspecified atom stereocenters. The van der Waals surface area contributed by atoms with Crippen molar-refractivity contribution in [3.63, 3.8) is 0 Å². The van der Waals surface area contributed by atoms with Gasteiger partial charge in [0.1, 0.15) is 17.4 Å². The zero-order chi connectivity index (χ0) is 28.5. The SMILES string of the molecule is CCCC(C)NC(=O)C1N([C@@H](CO)[C@@H](C)CC)C(=O)[C@@H]2[C@@H](C(=O)Nc3ccc(OCC)cc3)[C@@]3(C)CCC12O3. The number of carbonyl (C=O) groups is 3. The van der Waals surface area contributed by atoms with Crippen molar-refractivity contribution in [3.8, 4) is 5.75 Å². The maximum absolute atomic E-state index is 14.3. The van der Waals surface area contributed by atoms with Crippen LogP contribution in [-0.2, 0) is 19.1 Å². The average molecular weight is 544 g/mol. The molecule has 0 aliphatic carbocycles. The van der Waals surface area contributed by atoms with Crippen LogP contribution in [0.2, 0.25) is 0 Å². The minimum Gasteiger partial charge on any atom is -0.494 e. The predicted octanol–water partition coefficient (Wildman–Crippen LogP) is 3.50. The Labute approximate surface area is 232 Å². The number of likely N-dealkylation sites (tertiary alicyclic amines) is 1. The Balaban J connectivity index is 1.70. The lowest BCUT2D eigenvalue weighted by molar-refractivity contribution is -0.150. The van der Waals surface area contributed by atoms with Crippen LogP contribution in [0.4, 0.5) is 5.69 Å². The quantitative estimate of drug-likeness (QED) is 0.372. The second-order valence-corrected chi connectivity index (χ2v) is 11.8. The third kappa shape index (κ3) is 5.04. The number of amides is 3. The number of hydrogen-bond donors (Lipinski definition) is 3. The number of nitrogens with zero attached hydrogens (tertiary/aromatic N) is 1. The fourth-order valence-corrected chi connectivity index (χ4v) is 7.08. The molecule has 3 amide bonds. The lowest BCUT2D eigenvalue weighted by Gasteiger charge is -2.39. The van der Waals surface area contributed by atoms with Crippen molar-refractivity contribution < 1.29 is 29.0 Å². The highest BCUT2D eigenvalue weighted by Crippen LogP contribution is 2.63. The molecule has 0 radical (unpaired) electrons. The van der Waals surface area contributed by atoms with Crippen LogP contribution in [-0.4, -0.2) is 70.3 Å². The molecule has 3 heterocycles. The van der Waals surface area contributed by atoms with Crippen molar-refractivity contribution in [2.45, 2.75) is 103 Å². The Kier molecular flexibility index (Phi) is 8.61. The molecule has 39 heavy (non-hydrogen) atoms. The lowest BCUT2D eigenvalue weighted by Crippen LogP contribution is -2.60. The number of carbonyl (C=O) groups excluding carboxylic acids is 3. The highest BCUT2D eigenvalue weighted by Gasteiger charge is 2.78. The zero-order valence-electron chi connectivity index (χ0n) is 24.2. The number of aliphatic hydroxyl groups is 1. The van der Waals surface area contributed by atoms with Crippen LogP contribution in [0.1, 0.15) is 73.6 Å². The van der Waals surface area contributed by atoms with Crippen molar-refractivity contribution in [1.29, 1.82) is 0 Å². The molecule has 3 saturated heterocycles. The van der Waals surface area contributed by atoms with E-state index in [4.69, 9.17) is 9.47 Å². The standard InChI is InChI=1S/C30H45N3O6/c1-7-10-19(5)31-27(36)25-30-16-15-29(6,39-30)23(24(30)28(37)33(25)22(17-34)18(4)8-2)26(35)32-20-11-13-21(14-12-20)38-9-3/h11-14,18-19,22-25,34H,7-10,15-17H2,1-6H3,(H,31,36)(H,32,35)/t18-,19?,22-,23-,24-,25?,29+,30?/m0/s1. The molecule has 1 aromatic rings. The lowest BCUT2D eigenvalue weighted by atomic mass is 9.66. The van der Waals surface area contributed by atoms with E-state index in [1.54, 1.807) is 29.2 Å². The predicted molar refractivity (Wildman–Crippen MR) is 148 cm³/mol. The summed E-state index contributed by atoms with van der Waals surface area (Å²) in [4.78, 5) is 43.6. The Hall–Kier alpha value is -2.65. The first kappa shape index (κ1) is 29.3. The van der Waals surface area contributed by atoms with Gasteiger partial charge in [0.25, 0.3) is 0 Å². The molecule has 1 aromatic carbocycles. The smallest absolute Gasteiger partial charge is 0.246 e. The number of benzene rings is 1. The molecule has 9 nitrogen and oxygen atoms in total. The molecule has 2 bridgehead atoms. The van der Waals surface area contributed by atoms with Gasteiger partial charge in [0.15, 0.2) is 0 Å². The Morgan fingerprint density at radius 1 is 1.15 bits per heavy atom. The van der Waals surface area contributed by atoms with Crippen LogP contribution < -0.4 is 15.4 Å². The van der Waals surface area contributed by atoms with Crippen molar-refractivity contribution in [2.75, 3.05) is 18.5 Å². The summed E-state index contributed by atoms with van der Waals surface area (Å²) in [5, 5.41) is 16.5. The highest BCUT2D eigenvalue weighted by molar-refractivity contribution is 6.02. The molecule has 0 aromatic heterocycles. The fourth-order valence-electron chi connectivity index (χ4n) is 7.08. The van der Waals surface area contributed by atoms with E-state index in [0.717, 1.165) is 19.3 Å². The molecule has 3 fully saturated rings. The van der Waals surface area contributed by atoms with Crippen molar-refractivity contribution in [3.05, 3.63) is 24.3 Å². The molecular formula is C30H45N3O6. The minimum absolute atomic E-state index is 0.0403. The molecule has 9 heteroatoms. The largest absolute Gasteiger partial charge is 0.494 e. The van der Waals surface area contributed by atoms with Gasteiger partial charge in [-0.15, -0.1) is 0 Å². The van der Waals surface area contributed by atoms with Crippen LogP contribution in [0, 0.1) is 17.8 Å². The van der Waals surface area contributed by atoms with Gasteiger partial charge < -0.3 is 30.1 Å². The average Bonchev–Trinajstić information content (AvgIpc) is 3.46. The topological polar surface area (TPSA) is 117 Å². The Morgan fingerprint density at radius 3 is 2.44 bits per heavy atom. The first-order chi connectivity index (χ1) is 18.6. The summed E-state index contributed by atoms with van der Waals surface area (Å²) in [7, 11) is 0.